The number of rotatable bonds is 7. The summed E-state index contributed by atoms with van der Waals surface area (Å²) in [5.41, 5.74) is 3.67. The molecule has 0 unspecified atom stereocenters. The lowest BCUT2D eigenvalue weighted by atomic mass is 9.91. The lowest BCUT2D eigenvalue weighted by Gasteiger charge is -2.24. The van der Waals surface area contributed by atoms with Gasteiger partial charge in [0.25, 0.3) is 0 Å². The molecule has 1 saturated heterocycles. The molecule has 146 valence electrons. The summed E-state index contributed by atoms with van der Waals surface area (Å²) in [5, 5.41) is 5.32. The first-order valence-electron chi connectivity index (χ1n) is 10.0. The minimum absolute atomic E-state index is 0.112. The molecule has 0 saturated carbocycles. The fourth-order valence-corrected chi connectivity index (χ4v) is 7.23. The Morgan fingerprint density at radius 2 is 2.26 bits per heavy atom. The van der Waals surface area contributed by atoms with Crippen molar-refractivity contribution in [2.24, 2.45) is 0 Å². The Kier molecular flexibility index (Phi) is 6.23. The number of unbranched alkanes of at least 4 members (excludes halogenated alkanes) is 1. The molecular weight excluding hydrogens is 376 g/mol. The SMILES string of the molecule is COc1ccc2[nH]c3c(c2c1)CCC[C@@H]3NC(=O)CCCC[C@@H]1CCSS1. The van der Waals surface area contributed by atoms with Gasteiger partial charge in [0, 0.05) is 34.0 Å². The van der Waals surface area contributed by atoms with E-state index < -0.39 is 0 Å². The van der Waals surface area contributed by atoms with Gasteiger partial charge in [0.15, 0.2) is 0 Å². The van der Waals surface area contributed by atoms with Crippen molar-refractivity contribution >= 4 is 38.4 Å². The summed E-state index contributed by atoms with van der Waals surface area (Å²) in [5.74, 6) is 2.36. The van der Waals surface area contributed by atoms with Crippen molar-refractivity contribution in [2.45, 2.75) is 62.7 Å². The van der Waals surface area contributed by atoms with E-state index >= 15 is 0 Å². The van der Waals surface area contributed by atoms with Gasteiger partial charge in [-0.1, -0.05) is 28.0 Å². The maximum atomic E-state index is 12.5. The third-order valence-corrected chi connectivity index (χ3v) is 8.66. The van der Waals surface area contributed by atoms with Crippen LogP contribution in [-0.4, -0.2) is 29.0 Å². The number of nitrogens with one attached hydrogen (secondary N) is 2. The summed E-state index contributed by atoms with van der Waals surface area (Å²) in [6.45, 7) is 0. The molecule has 0 spiro atoms. The molecule has 2 atom stereocenters. The van der Waals surface area contributed by atoms with Gasteiger partial charge in [0.1, 0.15) is 5.75 Å². The second-order valence-corrected chi connectivity index (χ2v) is 10.3. The predicted octanol–water partition coefficient (Wildman–Crippen LogP) is 5.38. The normalized spacial score (nSPS) is 22.0. The Balaban J connectivity index is 1.35. The number of H-pyrrole nitrogens is 1. The van der Waals surface area contributed by atoms with Gasteiger partial charge in [-0.2, -0.15) is 0 Å². The molecule has 1 aromatic heterocycles. The zero-order chi connectivity index (χ0) is 18.6. The fourth-order valence-electron chi connectivity index (χ4n) is 4.20. The molecule has 0 radical (unpaired) electrons. The van der Waals surface area contributed by atoms with Crippen molar-refractivity contribution in [2.75, 3.05) is 12.9 Å². The fraction of sp³-hybridized carbons (Fsp3) is 0.571. The van der Waals surface area contributed by atoms with Gasteiger partial charge in [-0.25, -0.2) is 0 Å². The largest absolute Gasteiger partial charge is 0.497 e. The van der Waals surface area contributed by atoms with E-state index in [4.69, 9.17) is 4.74 Å². The van der Waals surface area contributed by atoms with Crippen LogP contribution in [0.1, 0.15) is 62.2 Å². The van der Waals surface area contributed by atoms with Crippen LogP contribution in [0, 0.1) is 0 Å². The summed E-state index contributed by atoms with van der Waals surface area (Å²) in [4.78, 5) is 16.0. The Morgan fingerprint density at radius 1 is 1.33 bits per heavy atom. The first-order valence-corrected chi connectivity index (χ1v) is 12.4. The van der Waals surface area contributed by atoms with Crippen LogP contribution >= 0.6 is 21.6 Å². The van der Waals surface area contributed by atoms with Gasteiger partial charge in [-0.15, -0.1) is 0 Å². The standard InChI is InChI=1S/C21H28N2O2S2/c1-25-14-9-10-18-17(13-14)16-6-4-7-19(21(16)23-18)22-20(24)8-3-2-5-15-11-12-26-27-15/h9-10,13,15,19,23H,2-8,11-12H2,1H3,(H,22,24)/t15-,19+/m1/s1. The molecule has 1 aliphatic heterocycles. The minimum atomic E-state index is 0.112. The number of ether oxygens (including phenoxy) is 1. The zero-order valence-corrected chi connectivity index (χ0v) is 17.5. The van der Waals surface area contributed by atoms with Crippen LogP contribution in [0.4, 0.5) is 0 Å². The first kappa shape index (κ1) is 19.1. The second-order valence-electron chi connectivity index (χ2n) is 7.52. The predicted molar refractivity (Wildman–Crippen MR) is 116 cm³/mol. The van der Waals surface area contributed by atoms with Gasteiger partial charge in [0.2, 0.25) is 5.91 Å². The van der Waals surface area contributed by atoms with Crippen LogP contribution in [0.25, 0.3) is 10.9 Å². The second kappa shape index (κ2) is 8.82. The van der Waals surface area contributed by atoms with E-state index in [-0.39, 0.29) is 11.9 Å². The highest BCUT2D eigenvalue weighted by Gasteiger charge is 2.25. The van der Waals surface area contributed by atoms with E-state index in [9.17, 15) is 4.79 Å². The number of aryl methyl sites for hydroxylation is 1. The van der Waals surface area contributed by atoms with Crippen LogP contribution in [0.15, 0.2) is 18.2 Å². The third kappa shape index (κ3) is 4.43. The number of fused-ring (bicyclic) bond motifs is 3. The molecule has 2 aromatic rings. The number of amides is 1. The van der Waals surface area contributed by atoms with Gasteiger partial charge in [0.05, 0.1) is 13.2 Å². The summed E-state index contributed by atoms with van der Waals surface area (Å²) in [7, 11) is 5.72. The Morgan fingerprint density at radius 3 is 3.07 bits per heavy atom. The van der Waals surface area contributed by atoms with Crippen molar-refractivity contribution in [1.82, 2.24) is 10.3 Å². The Hall–Kier alpha value is -1.27. The van der Waals surface area contributed by atoms with Crippen LogP contribution in [0.5, 0.6) is 5.75 Å². The average Bonchev–Trinajstić information content (AvgIpc) is 3.33. The van der Waals surface area contributed by atoms with Crippen LogP contribution in [0.3, 0.4) is 0 Å². The highest BCUT2D eigenvalue weighted by atomic mass is 33.1. The monoisotopic (exact) mass is 404 g/mol. The van der Waals surface area contributed by atoms with Gasteiger partial charge < -0.3 is 15.0 Å². The number of carbonyl (C=O) groups is 1. The Labute approximate surface area is 169 Å². The first-order chi connectivity index (χ1) is 13.2. The minimum Gasteiger partial charge on any atom is -0.497 e. The number of aromatic nitrogens is 1. The quantitative estimate of drug-likeness (QED) is 0.480. The highest BCUT2D eigenvalue weighted by molar-refractivity contribution is 8.77. The number of hydrogen-bond acceptors (Lipinski definition) is 4. The molecule has 2 heterocycles. The van der Waals surface area contributed by atoms with E-state index in [0.717, 1.165) is 48.6 Å². The highest BCUT2D eigenvalue weighted by Crippen LogP contribution is 2.40. The van der Waals surface area contributed by atoms with Crippen LogP contribution in [0.2, 0.25) is 0 Å². The van der Waals surface area contributed by atoms with Gasteiger partial charge in [-0.05, 0) is 62.3 Å². The summed E-state index contributed by atoms with van der Waals surface area (Å²) < 4.78 is 5.38. The molecule has 4 nitrogen and oxygen atoms in total. The molecule has 2 aliphatic rings. The topological polar surface area (TPSA) is 54.1 Å². The number of benzene rings is 1. The average molecular weight is 405 g/mol. The van der Waals surface area contributed by atoms with Gasteiger partial charge in [-0.3, -0.25) is 4.79 Å². The summed E-state index contributed by atoms with van der Waals surface area (Å²) >= 11 is 0. The lowest BCUT2D eigenvalue weighted by Crippen LogP contribution is -2.30. The lowest BCUT2D eigenvalue weighted by molar-refractivity contribution is -0.122. The molecule has 1 amide bonds. The third-order valence-electron chi connectivity index (χ3n) is 5.66. The maximum absolute atomic E-state index is 12.5. The molecule has 6 heteroatoms. The number of aromatic amines is 1. The van der Waals surface area contributed by atoms with Crippen molar-refractivity contribution in [1.29, 1.82) is 0 Å². The van der Waals surface area contributed by atoms with E-state index in [1.54, 1.807) is 7.11 Å². The summed E-state index contributed by atoms with van der Waals surface area (Å²) in [6, 6.07) is 6.28. The van der Waals surface area contributed by atoms with Crippen molar-refractivity contribution < 1.29 is 9.53 Å². The molecule has 2 N–H and O–H groups in total. The molecule has 1 aliphatic carbocycles. The van der Waals surface area contributed by atoms with Crippen molar-refractivity contribution in [3.8, 4) is 5.75 Å². The molecule has 27 heavy (non-hydrogen) atoms. The molecular formula is C21H28N2O2S2. The summed E-state index contributed by atoms with van der Waals surface area (Å²) in [6.07, 6.45) is 8.57. The molecule has 1 aromatic carbocycles. The van der Waals surface area contributed by atoms with E-state index in [0.29, 0.717) is 6.42 Å². The molecule has 1 fully saturated rings. The number of methoxy groups -OCH3 is 1. The molecule has 4 rings (SSSR count). The molecule has 0 bridgehead atoms. The smallest absolute Gasteiger partial charge is 0.220 e. The van der Waals surface area contributed by atoms with Crippen LogP contribution in [-0.2, 0) is 11.2 Å². The van der Waals surface area contributed by atoms with Crippen LogP contribution < -0.4 is 10.1 Å². The number of carbonyl (C=O) groups excluding carboxylic acids is 1. The number of hydrogen-bond donors (Lipinski definition) is 2. The van der Waals surface area contributed by atoms with Crippen molar-refractivity contribution in [3.63, 3.8) is 0 Å². The maximum Gasteiger partial charge on any atom is 0.220 e. The van der Waals surface area contributed by atoms with E-state index in [1.807, 2.05) is 27.7 Å². The van der Waals surface area contributed by atoms with E-state index in [2.05, 4.69) is 22.4 Å². The van der Waals surface area contributed by atoms with Crippen molar-refractivity contribution in [3.05, 3.63) is 29.5 Å². The zero-order valence-electron chi connectivity index (χ0n) is 15.9. The Bertz CT molecular complexity index is 799. The van der Waals surface area contributed by atoms with Gasteiger partial charge >= 0.3 is 0 Å². The van der Waals surface area contributed by atoms with E-state index in [1.165, 1.54) is 35.2 Å².